The standard InChI is InChI=1S/C25H33ClFN3O4S/c1-18(2)16-28-25(32)19(3)29(17-20-10-12-22(27)13-11-20)24(31)9-6-14-30(35(4,33)34)23-8-5-7-21(26)15-23/h5,7-8,10-13,15,18-19H,6,9,14,16-17H2,1-4H3,(H,28,32). The third-order valence-corrected chi connectivity index (χ3v) is 6.80. The van der Waals surface area contributed by atoms with Crippen molar-refractivity contribution in [1.82, 2.24) is 10.2 Å². The molecule has 2 aromatic carbocycles. The highest BCUT2D eigenvalue weighted by molar-refractivity contribution is 7.92. The van der Waals surface area contributed by atoms with Gasteiger partial charge in [0.1, 0.15) is 11.9 Å². The van der Waals surface area contributed by atoms with Crippen molar-refractivity contribution in [2.45, 2.75) is 46.2 Å². The molecule has 1 unspecified atom stereocenters. The van der Waals surface area contributed by atoms with Gasteiger partial charge in [-0.15, -0.1) is 0 Å². The number of sulfonamides is 1. The Morgan fingerprint density at radius 3 is 2.31 bits per heavy atom. The molecule has 10 heteroatoms. The molecule has 0 aromatic heterocycles. The molecule has 2 rings (SSSR count). The molecule has 2 aromatic rings. The van der Waals surface area contributed by atoms with Crippen molar-refractivity contribution in [1.29, 1.82) is 0 Å². The number of nitrogens with zero attached hydrogens (tertiary/aromatic N) is 2. The zero-order valence-corrected chi connectivity index (χ0v) is 22.1. The van der Waals surface area contributed by atoms with Crippen LogP contribution in [0.5, 0.6) is 0 Å². The van der Waals surface area contributed by atoms with Crippen LogP contribution >= 0.6 is 11.6 Å². The lowest BCUT2D eigenvalue weighted by Gasteiger charge is -2.29. The lowest BCUT2D eigenvalue weighted by Crippen LogP contribution is -2.48. The molecule has 1 atom stereocenters. The van der Waals surface area contributed by atoms with Gasteiger partial charge in [-0.2, -0.15) is 0 Å². The second-order valence-corrected chi connectivity index (χ2v) is 11.2. The molecule has 0 saturated heterocycles. The summed E-state index contributed by atoms with van der Waals surface area (Å²) in [7, 11) is -3.60. The minimum absolute atomic E-state index is 0.0234. The Hall–Kier alpha value is -2.65. The topological polar surface area (TPSA) is 86.8 Å². The summed E-state index contributed by atoms with van der Waals surface area (Å²) in [5.74, 6) is -0.732. The van der Waals surface area contributed by atoms with E-state index in [9.17, 15) is 22.4 Å². The average molecular weight is 526 g/mol. The molecule has 0 spiro atoms. The second kappa shape index (κ2) is 12.9. The zero-order chi connectivity index (χ0) is 26.2. The first kappa shape index (κ1) is 28.6. The quantitative estimate of drug-likeness (QED) is 0.449. The number of benzene rings is 2. The molecular formula is C25H33ClFN3O4S. The monoisotopic (exact) mass is 525 g/mol. The number of rotatable bonds is 12. The summed E-state index contributed by atoms with van der Waals surface area (Å²) in [6.45, 7) is 6.26. The number of carbonyl (C=O) groups excluding carboxylic acids is 2. The fourth-order valence-electron chi connectivity index (χ4n) is 3.46. The van der Waals surface area contributed by atoms with Crippen LogP contribution in [0.15, 0.2) is 48.5 Å². The maximum atomic E-state index is 13.3. The van der Waals surface area contributed by atoms with Crippen LogP contribution in [0, 0.1) is 11.7 Å². The van der Waals surface area contributed by atoms with Crippen molar-refractivity contribution in [2.75, 3.05) is 23.7 Å². The molecule has 0 bridgehead atoms. The van der Waals surface area contributed by atoms with E-state index in [1.165, 1.54) is 21.3 Å². The molecule has 35 heavy (non-hydrogen) atoms. The molecule has 0 aliphatic carbocycles. The van der Waals surface area contributed by atoms with Gasteiger partial charge in [0.2, 0.25) is 21.8 Å². The van der Waals surface area contributed by atoms with Gasteiger partial charge in [0.25, 0.3) is 0 Å². The van der Waals surface area contributed by atoms with Crippen molar-refractivity contribution in [3.8, 4) is 0 Å². The molecule has 0 aliphatic heterocycles. The maximum absolute atomic E-state index is 13.3. The Morgan fingerprint density at radius 2 is 1.74 bits per heavy atom. The summed E-state index contributed by atoms with van der Waals surface area (Å²) in [6, 6.07) is 11.5. The molecule has 0 fully saturated rings. The van der Waals surface area contributed by atoms with Crippen LogP contribution < -0.4 is 9.62 Å². The van der Waals surface area contributed by atoms with Crippen molar-refractivity contribution in [3.05, 3.63) is 64.9 Å². The van der Waals surface area contributed by atoms with Crippen LogP contribution in [-0.4, -0.2) is 50.5 Å². The third kappa shape index (κ3) is 9.14. The van der Waals surface area contributed by atoms with Gasteiger partial charge in [-0.3, -0.25) is 13.9 Å². The van der Waals surface area contributed by atoms with Gasteiger partial charge in [-0.1, -0.05) is 43.6 Å². The van der Waals surface area contributed by atoms with Crippen LogP contribution in [0.4, 0.5) is 10.1 Å². The van der Waals surface area contributed by atoms with Crippen LogP contribution in [0.3, 0.4) is 0 Å². The van der Waals surface area contributed by atoms with Gasteiger partial charge >= 0.3 is 0 Å². The van der Waals surface area contributed by atoms with Crippen molar-refractivity contribution < 1.29 is 22.4 Å². The van der Waals surface area contributed by atoms with E-state index in [-0.39, 0.29) is 43.7 Å². The number of hydrogen-bond acceptors (Lipinski definition) is 4. The van der Waals surface area contributed by atoms with Gasteiger partial charge < -0.3 is 10.2 Å². The Labute approximate surface area is 212 Å². The minimum Gasteiger partial charge on any atom is -0.354 e. The summed E-state index contributed by atoms with van der Waals surface area (Å²) in [5, 5.41) is 3.24. The van der Waals surface area contributed by atoms with Crippen molar-refractivity contribution in [2.24, 2.45) is 5.92 Å². The number of amides is 2. The van der Waals surface area contributed by atoms with Gasteiger partial charge in [-0.25, -0.2) is 12.8 Å². The zero-order valence-electron chi connectivity index (χ0n) is 20.5. The fourth-order valence-corrected chi connectivity index (χ4v) is 4.60. The van der Waals surface area contributed by atoms with E-state index >= 15 is 0 Å². The Morgan fingerprint density at radius 1 is 1.09 bits per heavy atom. The highest BCUT2D eigenvalue weighted by Gasteiger charge is 2.26. The largest absolute Gasteiger partial charge is 0.354 e. The highest BCUT2D eigenvalue weighted by Crippen LogP contribution is 2.22. The van der Waals surface area contributed by atoms with Crippen LogP contribution in [-0.2, 0) is 26.2 Å². The second-order valence-electron chi connectivity index (χ2n) is 8.88. The number of hydrogen-bond donors (Lipinski definition) is 1. The molecular weight excluding hydrogens is 493 g/mol. The number of halogens is 2. The van der Waals surface area contributed by atoms with E-state index in [1.807, 2.05) is 13.8 Å². The van der Waals surface area contributed by atoms with Crippen LogP contribution in [0.2, 0.25) is 5.02 Å². The van der Waals surface area contributed by atoms with E-state index in [1.54, 1.807) is 43.3 Å². The van der Waals surface area contributed by atoms with E-state index in [0.29, 0.717) is 22.8 Å². The first-order valence-corrected chi connectivity index (χ1v) is 13.7. The lowest BCUT2D eigenvalue weighted by atomic mass is 10.1. The van der Waals surface area contributed by atoms with E-state index in [4.69, 9.17) is 11.6 Å². The lowest BCUT2D eigenvalue weighted by molar-refractivity contribution is -0.140. The number of anilines is 1. The third-order valence-electron chi connectivity index (χ3n) is 5.37. The molecule has 192 valence electrons. The van der Waals surface area contributed by atoms with Gasteiger partial charge in [0.05, 0.1) is 11.9 Å². The fraction of sp³-hybridized carbons (Fsp3) is 0.440. The molecule has 1 N–H and O–H groups in total. The average Bonchev–Trinajstić information content (AvgIpc) is 2.78. The Balaban J connectivity index is 2.15. The van der Waals surface area contributed by atoms with Gasteiger partial charge in [0, 0.05) is 31.1 Å². The number of nitrogens with one attached hydrogen (secondary N) is 1. The first-order chi connectivity index (χ1) is 16.4. The molecule has 7 nitrogen and oxygen atoms in total. The van der Waals surface area contributed by atoms with E-state index < -0.39 is 21.9 Å². The summed E-state index contributed by atoms with van der Waals surface area (Å²) >= 11 is 6.02. The molecule has 0 aliphatic rings. The first-order valence-electron chi connectivity index (χ1n) is 11.4. The molecule has 0 saturated carbocycles. The Bertz CT molecular complexity index is 1110. The highest BCUT2D eigenvalue weighted by atomic mass is 35.5. The summed E-state index contributed by atoms with van der Waals surface area (Å²) in [6.07, 6.45) is 1.35. The van der Waals surface area contributed by atoms with Crippen LogP contribution in [0.25, 0.3) is 0 Å². The van der Waals surface area contributed by atoms with E-state index in [2.05, 4.69) is 5.32 Å². The summed E-state index contributed by atoms with van der Waals surface area (Å²) in [4.78, 5) is 27.3. The van der Waals surface area contributed by atoms with Gasteiger partial charge in [-0.05, 0) is 55.2 Å². The van der Waals surface area contributed by atoms with Crippen molar-refractivity contribution >= 4 is 39.1 Å². The SMILES string of the molecule is CC(C)CNC(=O)C(C)N(Cc1ccc(F)cc1)C(=O)CCCN(c1cccc(Cl)c1)S(C)(=O)=O. The summed E-state index contributed by atoms with van der Waals surface area (Å²) < 4.78 is 39.2. The van der Waals surface area contributed by atoms with Crippen LogP contribution in [0.1, 0.15) is 39.2 Å². The van der Waals surface area contributed by atoms with E-state index in [0.717, 1.165) is 6.26 Å². The molecule has 0 radical (unpaired) electrons. The predicted molar refractivity (Wildman–Crippen MR) is 137 cm³/mol. The molecule has 2 amide bonds. The van der Waals surface area contributed by atoms with Gasteiger partial charge in [0.15, 0.2) is 0 Å². The molecule has 0 heterocycles. The number of carbonyl (C=O) groups is 2. The normalized spacial score (nSPS) is 12.3. The summed E-state index contributed by atoms with van der Waals surface area (Å²) in [5.41, 5.74) is 1.09. The Kier molecular flexibility index (Phi) is 10.5. The minimum atomic E-state index is -3.60. The smallest absolute Gasteiger partial charge is 0.242 e. The predicted octanol–water partition coefficient (Wildman–Crippen LogP) is 4.21. The maximum Gasteiger partial charge on any atom is 0.242 e. The van der Waals surface area contributed by atoms with Crippen molar-refractivity contribution in [3.63, 3.8) is 0 Å².